The largest absolute Gasteiger partial charge is 0.497 e. The van der Waals surface area contributed by atoms with Crippen molar-refractivity contribution in [1.29, 1.82) is 0 Å². The summed E-state index contributed by atoms with van der Waals surface area (Å²) in [5.74, 6) is 0.561. The van der Waals surface area contributed by atoms with Crippen LogP contribution >= 0.6 is 0 Å². The number of aromatic nitrogens is 1. The molecule has 7 heteroatoms. The van der Waals surface area contributed by atoms with Gasteiger partial charge in [-0.1, -0.05) is 24.3 Å². The summed E-state index contributed by atoms with van der Waals surface area (Å²) in [6.45, 7) is 11.4. The molecule has 0 unspecified atom stereocenters. The summed E-state index contributed by atoms with van der Waals surface area (Å²) in [6.07, 6.45) is 7.41. The van der Waals surface area contributed by atoms with Gasteiger partial charge in [0.25, 0.3) is 0 Å². The Morgan fingerprint density at radius 1 is 0.892 bits per heavy atom. The van der Waals surface area contributed by atoms with Crippen molar-refractivity contribution in [3.63, 3.8) is 0 Å². The minimum Gasteiger partial charge on any atom is -0.497 e. The maximum Gasteiger partial charge on any atom is 0.357 e. The number of esters is 2. The molecule has 0 aliphatic carbocycles. The van der Waals surface area contributed by atoms with E-state index in [0.717, 1.165) is 30.6 Å². The van der Waals surface area contributed by atoms with Crippen LogP contribution < -0.4 is 9.47 Å². The Morgan fingerprint density at radius 3 is 2.19 bits per heavy atom. The summed E-state index contributed by atoms with van der Waals surface area (Å²) < 4.78 is 22.0. The van der Waals surface area contributed by atoms with E-state index in [-0.39, 0.29) is 18.1 Å². The van der Waals surface area contributed by atoms with Crippen LogP contribution in [0.1, 0.15) is 89.0 Å². The number of methoxy groups -OCH3 is 1. The second-order valence-electron chi connectivity index (χ2n) is 10.7. The Kier molecular flexibility index (Phi) is 11.2. The first-order chi connectivity index (χ1) is 17.4. The third-order valence-corrected chi connectivity index (χ3v) is 4.98. The highest BCUT2D eigenvalue weighted by atomic mass is 16.6. The molecule has 0 fully saturated rings. The van der Waals surface area contributed by atoms with Gasteiger partial charge in [0.2, 0.25) is 0 Å². The molecule has 0 saturated carbocycles. The van der Waals surface area contributed by atoms with E-state index >= 15 is 0 Å². The van der Waals surface area contributed by atoms with E-state index in [9.17, 15) is 9.59 Å². The summed E-state index contributed by atoms with van der Waals surface area (Å²) >= 11 is 0. The van der Waals surface area contributed by atoms with Crippen molar-refractivity contribution in [1.82, 2.24) is 4.98 Å². The van der Waals surface area contributed by atoms with Gasteiger partial charge in [0.1, 0.15) is 28.4 Å². The van der Waals surface area contributed by atoms with E-state index in [0.29, 0.717) is 24.5 Å². The molecule has 0 amide bonds. The molecule has 0 bridgehead atoms. The molecule has 0 aliphatic rings. The topological polar surface area (TPSA) is 84.0 Å². The van der Waals surface area contributed by atoms with E-state index in [1.54, 1.807) is 40.0 Å². The Balaban J connectivity index is 1.94. The summed E-state index contributed by atoms with van der Waals surface area (Å²) in [7, 11) is 1.66. The number of nitrogens with zero attached hydrogens (tertiary/aromatic N) is 1. The summed E-state index contributed by atoms with van der Waals surface area (Å²) in [5, 5.41) is 0. The van der Waals surface area contributed by atoms with Crippen LogP contribution in [0.25, 0.3) is 6.08 Å². The van der Waals surface area contributed by atoms with Crippen molar-refractivity contribution in [2.24, 2.45) is 0 Å². The number of carbonyl (C=O) groups excluding carboxylic acids is 2. The fourth-order valence-corrected chi connectivity index (χ4v) is 3.34. The standard InChI is InChI=1S/C30H41NO6/c1-29(2,3)36-27(32)20-18-24-26(19-17-25(31-24)28(33)37-30(4,5)6)35-21-11-9-8-10-12-22-13-15-23(34-7)16-14-22/h10,12-17,19H,8-9,11,18,20-21H2,1-7H3/b12-10+. The maximum absolute atomic E-state index is 12.5. The van der Waals surface area contributed by atoms with Gasteiger partial charge < -0.3 is 18.9 Å². The number of rotatable bonds is 12. The second-order valence-corrected chi connectivity index (χ2v) is 10.7. The molecule has 0 saturated heterocycles. The Hall–Kier alpha value is -3.35. The molecule has 2 aromatic rings. The van der Waals surface area contributed by atoms with Gasteiger partial charge in [-0.3, -0.25) is 4.79 Å². The summed E-state index contributed by atoms with van der Waals surface area (Å²) in [5.41, 5.74) is 0.651. The lowest BCUT2D eigenvalue weighted by molar-refractivity contribution is -0.154. The molecule has 1 aromatic heterocycles. The molecule has 0 radical (unpaired) electrons. The van der Waals surface area contributed by atoms with Crippen LogP contribution in [0.3, 0.4) is 0 Å². The van der Waals surface area contributed by atoms with Crippen LogP contribution in [0.15, 0.2) is 42.5 Å². The smallest absolute Gasteiger partial charge is 0.357 e. The monoisotopic (exact) mass is 511 g/mol. The maximum atomic E-state index is 12.5. The number of pyridine rings is 1. The van der Waals surface area contributed by atoms with Gasteiger partial charge in [-0.2, -0.15) is 0 Å². The molecule has 0 atom stereocenters. The zero-order valence-electron chi connectivity index (χ0n) is 23.3. The first-order valence-corrected chi connectivity index (χ1v) is 12.7. The highest BCUT2D eigenvalue weighted by Crippen LogP contribution is 2.22. The third kappa shape index (κ3) is 12.0. The fraction of sp³-hybridized carbons (Fsp3) is 0.500. The molecule has 2 rings (SSSR count). The average Bonchev–Trinajstić information content (AvgIpc) is 2.80. The lowest BCUT2D eigenvalue weighted by atomic mass is 10.1. The Morgan fingerprint density at radius 2 is 1.57 bits per heavy atom. The number of carbonyl (C=O) groups is 2. The van der Waals surface area contributed by atoms with Crippen molar-refractivity contribution in [2.75, 3.05) is 13.7 Å². The molecular formula is C30H41NO6. The Bertz CT molecular complexity index is 1050. The van der Waals surface area contributed by atoms with Crippen LogP contribution in [0.4, 0.5) is 0 Å². The van der Waals surface area contributed by atoms with Crippen molar-refractivity contribution < 1.29 is 28.5 Å². The van der Waals surface area contributed by atoms with Crippen molar-refractivity contribution in [2.45, 2.75) is 84.8 Å². The van der Waals surface area contributed by atoms with Crippen molar-refractivity contribution in [3.05, 3.63) is 59.4 Å². The molecule has 37 heavy (non-hydrogen) atoms. The van der Waals surface area contributed by atoms with Crippen LogP contribution in [-0.2, 0) is 20.7 Å². The van der Waals surface area contributed by atoms with E-state index in [4.69, 9.17) is 18.9 Å². The number of ether oxygens (including phenoxy) is 4. The highest BCUT2D eigenvalue weighted by molar-refractivity contribution is 5.87. The zero-order valence-corrected chi connectivity index (χ0v) is 23.3. The number of benzene rings is 1. The van der Waals surface area contributed by atoms with Crippen LogP contribution in [-0.4, -0.2) is 41.8 Å². The van der Waals surface area contributed by atoms with E-state index < -0.39 is 17.2 Å². The van der Waals surface area contributed by atoms with Gasteiger partial charge in [0, 0.05) is 6.42 Å². The number of hydrogen-bond donors (Lipinski definition) is 0. The number of hydrogen-bond acceptors (Lipinski definition) is 7. The first kappa shape index (κ1) is 29.9. The van der Waals surface area contributed by atoms with Gasteiger partial charge in [0.05, 0.1) is 25.8 Å². The van der Waals surface area contributed by atoms with Gasteiger partial charge in [-0.25, -0.2) is 9.78 Å². The zero-order chi connectivity index (χ0) is 27.5. The molecule has 7 nitrogen and oxygen atoms in total. The summed E-state index contributed by atoms with van der Waals surface area (Å²) in [6, 6.07) is 11.2. The van der Waals surface area contributed by atoms with Gasteiger partial charge in [-0.05, 0) is 90.6 Å². The van der Waals surface area contributed by atoms with Gasteiger partial charge in [-0.15, -0.1) is 0 Å². The molecular weight excluding hydrogens is 470 g/mol. The van der Waals surface area contributed by atoms with E-state index in [1.807, 2.05) is 45.0 Å². The van der Waals surface area contributed by atoms with Crippen molar-refractivity contribution >= 4 is 18.0 Å². The number of allylic oxidation sites excluding steroid dienone is 1. The normalized spacial score (nSPS) is 11.9. The minimum absolute atomic E-state index is 0.133. The van der Waals surface area contributed by atoms with E-state index in [2.05, 4.69) is 17.1 Å². The van der Waals surface area contributed by atoms with Crippen LogP contribution in [0.2, 0.25) is 0 Å². The van der Waals surface area contributed by atoms with Gasteiger partial charge >= 0.3 is 11.9 Å². The predicted octanol–water partition coefficient (Wildman–Crippen LogP) is 6.58. The van der Waals surface area contributed by atoms with Gasteiger partial charge in [0.15, 0.2) is 0 Å². The average molecular weight is 512 g/mol. The van der Waals surface area contributed by atoms with Crippen molar-refractivity contribution in [3.8, 4) is 11.5 Å². The number of aryl methyl sites for hydroxylation is 1. The predicted molar refractivity (Wildman–Crippen MR) is 145 cm³/mol. The molecule has 0 N–H and O–H groups in total. The molecule has 1 aromatic carbocycles. The SMILES string of the molecule is COc1ccc(/C=C/CCCCOc2ccc(C(=O)OC(C)(C)C)nc2CCC(=O)OC(C)(C)C)cc1. The quantitative estimate of drug-likeness (QED) is 0.235. The molecule has 202 valence electrons. The third-order valence-electron chi connectivity index (χ3n) is 4.98. The molecule has 0 aliphatic heterocycles. The summed E-state index contributed by atoms with van der Waals surface area (Å²) in [4.78, 5) is 29.2. The Labute approximate surface area is 221 Å². The second kappa shape index (κ2) is 13.8. The fourth-order valence-electron chi connectivity index (χ4n) is 3.34. The number of unbranched alkanes of at least 4 members (excludes halogenated alkanes) is 2. The first-order valence-electron chi connectivity index (χ1n) is 12.7. The molecule has 1 heterocycles. The highest BCUT2D eigenvalue weighted by Gasteiger charge is 2.21. The lowest BCUT2D eigenvalue weighted by Gasteiger charge is -2.20. The lowest BCUT2D eigenvalue weighted by Crippen LogP contribution is -2.25. The minimum atomic E-state index is -0.633. The van der Waals surface area contributed by atoms with E-state index in [1.165, 1.54) is 0 Å². The van der Waals surface area contributed by atoms with Crippen LogP contribution in [0, 0.1) is 0 Å². The molecule has 0 spiro atoms. The van der Waals surface area contributed by atoms with Crippen LogP contribution in [0.5, 0.6) is 11.5 Å².